The lowest BCUT2D eigenvalue weighted by Gasteiger charge is -2.35. The second kappa shape index (κ2) is 6.32. The number of sulfonamides is 1. The van der Waals surface area contributed by atoms with Crippen molar-refractivity contribution in [3.63, 3.8) is 0 Å². The third-order valence-corrected chi connectivity index (χ3v) is 5.74. The van der Waals surface area contributed by atoms with Gasteiger partial charge in [-0.25, -0.2) is 13.1 Å². The Morgan fingerprint density at radius 2 is 2.19 bits per heavy atom. The number of rotatable bonds is 3. The zero-order valence-electron chi connectivity index (χ0n) is 12.0. The second-order valence-electron chi connectivity index (χ2n) is 5.51. The summed E-state index contributed by atoms with van der Waals surface area (Å²) in [6.45, 7) is 3.75. The van der Waals surface area contributed by atoms with E-state index in [1.807, 2.05) is 20.0 Å². The van der Waals surface area contributed by atoms with E-state index in [0.717, 1.165) is 19.5 Å². The largest absolute Gasteiger partial charge is 0.306 e. The van der Waals surface area contributed by atoms with Crippen molar-refractivity contribution in [2.45, 2.75) is 24.3 Å². The predicted octanol–water partition coefficient (Wildman–Crippen LogP) is 1.83. The molecule has 0 bridgehead atoms. The second-order valence-corrected chi connectivity index (χ2v) is 7.60. The van der Waals surface area contributed by atoms with Crippen molar-refractivity contribution in [3.05, 3.63) is 28.8 Å². The van der Waals surface area contributed by atoms with Gasteiger partial charge in [0.15, 0.2) is 0 Å². The van der Waals surface area contributed by atoms with Crippen LogP contribution in [0.3, 0.4) is 0 Å². The molecule has 1 heterocycles. The summed E-state index contributed by atoms with van der Waals surface area (Å²) in [7, 11) is -1.65. The van der Waals surface area contributed by atoms with Crippen molar-refractivity contribution in [1.29, 1.82) is 5.26 Å². The van der Waals surface area contributed by atoms with Gasteiger partial charge in [0.2, 0.25) is 10.0 Å². The number of nitrogens with one attached hydrogen (secondary N) is 1. The van der Waals surface area contributed by atoms with Crippen molar-refractivity contribution in [2.24, 2.45) is 5.92 Å². The number of hydrogen-bond donors (Lipinski definition) is 1. The van der Waals surface area contributed by atoms with Gasteiger partial charge in [0.25, 0.3) is 0 Å². The Kier molecular flexibility index (Phi) is 4.89. The summed E-state index contributed by atoms with van der Waals surface area (Å²) in [6, 6.07) is 6.04. The monoisotopic (exact) mass is 327 g/mol. The Hall–Kier alpha value is -1.13. The average Bonchev–Trinajstić information content (AvgIpc) is 2.41. The maximum absolute atomic E-state index is 12.5. The van der Waals surface area contributed by atoms with Crippen molar-refractivity contribution < 1.29 is 8.42 Å². The van der Waals surface area contributed by atoms with Crippen LogP contribution in [0.5, 0.6) is 0 Å². The molecule has 21 heavy (non-hydrogen) atoms. The quantitative estimate of drug-likeness (QED) is 0.919. The van der Waals surface area contributed by atoms with Crippen LogP contribution in [-0.4, -0.2) is 39.5 Å². The molecule has 0 radical (unpaired) electrons. The van der Waals surface area contributed by atoms with Crippen LogP contribution in [0.4, 0.5) is 0 Å². The molecule has 1 saturated heterocycles. The molecular weight excluding hydrogens is 310 g/mol. The normalized spacial score (nSPS) is 23.7. The van der Waals surface area contributed by atoms with Gasteiger partial charge in [-0.15, -0.1) is 0 Å². The fourth-order valence-corrected chi connectivity index (χ4v) is 4.50. The van der Waals surface area contributed by atoms with Gasteiger partial charge in [-0.05, 0) is 44.1 Å². The summed E-state index contributed by atoms with van der Waals surface area (Å²) in [6.07, 6.45) is 0.769. The van der Waals surface area contributed by atoms with Crippen molar-refractivity contribution in [1.82, 2.24) is 9.62 Å². The molecule has 1 fully saturated rings. The van der Waals surface area contributed by atoms with Crippen LogP contribution in [0.25, 0.3) is 0 Å². The van der Waals surface area contributed by atoms with E-state index < -0.39 is 10.0 Å². The molecule has 1 aliphatic rings. The highest BCUT2D eigenvalue weighted by molar-refractivity contribution is 7.89. The summed E-state index contributed by atoms with van der Waals surface area (Å²) in [5.74, 6) is 0.232. The van der Waals surface area contributed by atoms with E-state index in [4.69, 9.17) is 16.9 Å². The number of halogens is 1. The molecule has 2 unspecified atom stereocenters. The highest BCUT2D eigenvalue weighted by Gasteiger charge is 2.29. The minimum atomic E-state index is -3.68. The van der Waals surface area contributed by atoms with Crippen LogP contribution in [-0.2, 0) is 10.0 Å². The molecule has 2 atom stereocenters. The summed E-state index contributed by atoms with van der Waals surface area (Å²) < 4.78 is 27.7. The van der Waals surface area contributed by atoms with Gasteiger partial charge < -0.3 is 4.90 Å². The molecule has 5 nitrogen and oxygen atoms in total. The Morgan fingerprint density at radius 3 is 2.76 bits per heavy atom. The van der Waals surface area contributed by atoms with Gasteiger partial charge in [0, 0.05) is 12.6 Å². The van der Waals surface area contributed by atoms with E-state index in [1.54, 1.807) is 0 Å². The maximum atomic E-state index is 12.5. The van der Waals surface area contributed by atoms with Crippen LogP contribution < -0.4 is 4.72 Å². The number of benzene rings is 1. The van der Waals surface area contributed by atoms with Crippen LogP contribution in [0.15, 0.2) is 23.1 Å². The first-order valence-corrected chi connectivity index (χ1v) is 8.60. The highest BCUT2D eigenvalue weighted by atomic mass is 35.5. The van der Waals surface area contributed by atoms with Crippen LogP contribution in [0.1, 0.15) is 18.9 Å². The minimum absolute atomic E-state index is 0.0225. The molecule has 7 heteroatoms. The van der Waals surface area contributed by atoms with Gasteiger partial charge in [0.1, 0.15) is 4.90 Å². The van der Waals surface area contributed by atoms with E-state index in [9.17, 15) is 8.42 Å². The fraction of sp³-hybridized carbons (Fsp3) is 0.500. The van der Waals surface area contributed by atoms with Gasteiger partial charge in [-0.1, -0.05) is 18.5 Å². The molecule has 2 rings (SSSR count). The van der Waals surface area contributed by atoms with E-state index in [1.165, 1.54) is 18.2 Å². The average molecular weight is 328 g/mol. The van der Waals surface area contributed by atoms with Gasteiger partial charge >= 0.3 is 0 Å². The Labute approximate surface area is 130 Å². The first-order chi connectivity index (χ1) is 9.83. The molecule has 1 aromatic carbocycles. The predicted molar refractivity (Wildman–Crippen MR) is 81.6 cm³/mol. The SMILES string of the molecule is CC1CN(C)CCC1NS(=O)(=O)c1ccc(C#N)cc1Cl. The van der Waals surface area contributed by atoms with E-state index in [-0.39, 0.29) is 21.9 Å². The molecule has 1 N–H and O–H groups in total. The van der Waals surface area contributed by atoms with Crippen LogP contribution in [0, 0.1) is 17.2 Å². The molecule has 1 aromatic rings. The number of nitrogens with zero attached hydrogens (tertiary/aromatic N) is 2. The van der Waals surface area contributed by atoms with Crippen LogP contribution >= 0.6 is 11.6 Å². The van der Waals surface area contributed by atoms with Crippen molar-refractivity contribution in [2.75, 3.05) is 20.1 Å². The lowest BCUT2D eigenvalue weighted by Crippen LogP contribution is -2.48. The number of nitriles is 1. The Balaban J connectivity index is 2.21. The number of piperidine rings is 1. The lowest BCUT2D eigenvalue weighted by atomic mass is 9.95. The molecule has 0 aromatic heterocycles. The Bertz CT molecular complexity index is 669. The Morgan fingerprint density at radius 1 is 1.48 bits per heavy atom. The van der Waals surface area contributed by atoms with Gasteiger partial charge in [-0.3, -0.25) is 0 Å². The maximum Gasteiger partial charge on any atom is 0.242 e. The summed E-state index contributed by atoms with van der Waals surface area (Å²) in [4.78, 5) is 2.21. The zero-order valence-corrected chi connectivity index (χ0v) is 13.6. The summed E-state index contributed by atoms with van der Waals surface area (Å²) in [5, 5.41) is 8.87. The van der Waals surface area contributed by atoms with Gasteiger partial charge in [-0.2, -0.15) is 5.26 Å². The smallest absolute Gasteiger partial charge is 0.242 e. The first kappa shape index (κ1) is 16.2. The minimum Gasteiger partial charge on any atom is -0.306 e. The number of likely N-dealkylation sites (tertiary alicyclic amines) is 1. The first-order valence-electron chi connectivity index (χ1n) is 6.74. The molecule has 114 valence electrons. The number of hydrogen-bond acceptors (Lipinski definition) is 4. The third kappa shape index (κ3) is 3.74. The summed E-state index contributed by atoms with van der Waals surface area (Å²) in [5.41, 5.74) is 0.339. The fourth-order valence-electron chi connectivity index (χ4n) is 2.58. The molecule has 1 aliphatic heterocycles. The van der Waals surface area contributed by atoms with Crippen molar-refractivity contribution >= 4 is 21.6 Å². The lowest BCUT2D eigenvalue weighted by molar-refractivity contribution is 0.188. The van der Waals surface area contributed by atoms with Gasteiger partial charge in [0.05, 0.1) is 16.7 Å². The van der Waals surface area contributed by atoms with Crippen LogP contribution in [0.2, 0.25) is 5.02 Å². The topological polar surface area (TPSA) is 73.2 Å². The zero-order chi connectivity index (χ0) is 15.6. The molecular formula is C14H18ClN3O2S. The summed E-state index contributed by atoms with van der Waals surface area (Å²) >= 11 is 5.99. The molecule has 0 spiro atoms. The van der Waals surface area contributed by atoms with E-state index in [0.29, 0.717) is 5.56 Å². The van der Waals surface area contributed by atoms with E-state index >= 15 is 0 Å². The molecule has 0 amide bonds. The highest BCUT2D eigenvalue weighted by Crippen LogP contribution is 2.24. The standard InChI is InChI=1S/C14H18ClN3O2S/c1-10-9-18(2)6-5-13(10)17-21(19,20)14-4-3-11(8-16)7-12(14)15/h3-4,7,10,13,17H,5-6,9H2,1-2H3. The molecule has 0 aliphatic carbocycles. The molecule has 0 saturated carbocycles. The van der Waals surface area contributed by atoms with Crippen molar-refractivity contribution in [3.8, 4) is 6.07 Å². The third-order valence-electron chi connectivity index (χ3n) is 3.77. The van der Waals surface area contributed by atoms with E-state index in [2.05, 4.69) is 9.62 Å².